The van der Waals surface area contributed by atoms with E-state index in [1.54, 1.807) is 12.4 Å². The minimum absolute atomic E-state index is 0.109. The minimum Gasteiger partial charge on any atom is -0.352 e. The third kappa shape index (κ3) is 5.96. The summed E-state index contributed by atoms with van der Waals surface area (Å²) < 4.78 is 0. The molecular weight excluding hydrogens is 506 g/mol. The van der Waals surface area contributed by atoms with Crippen LogP contribution in [0.4, 0.5) is 5.69 Å². The van der Waals surface area contributed by atoms with Gasteiger partial charge in [-0.2, -0.15) is 0 Å². The second-order valence-electron chi connectivity index (χ2n) is 9.85. The number of amides is 2. The Balaban J connectivity index is 1.44. The van der Waals surface area contributed by atoms with Gasteiger partial charge in [0, 0.05) is 30.3 Å². The molecule has 1 atom stereocenters. The molecule has 0 aliphatic carbocycles. The Morgan fingerprint density at radius 2 is 1.79 bits per heavy atom. The van der Waals surface area contributed by atoms with E-state index in [0.29, 0.717) is 29.4 Å². The van der Waals surface area contributed by atoms with Gasteiger partial charge in [0.25, 0.3) is 5.91 Å². The number of carbonyl (C=O) groups excluding carboxylic acids is 2. The molecule has 0 spiro atoms. The number of anilines is 1. The van der Waals surface area contributed by atoms with Gasteiger partial charge in [-0.05, 0) is 53.1 Å². The summed E-state index contributed by atoms with van der Waals surface area (Å²) in [5.41, 5.74) is 5.86. The van der Waals surface area contributed by atoms with Gasteiger partial charge in [-0.15, -0.1) is 0 Å². The standard InChI is InChI=1S/C31H31N5O2S/c1-20(2)23-11-13-24(14-12-23)29-28(30(38)35-25-9-5-4-6-10-25)21(3)34-31-36(29)26(19-39-31)16-27(37)33-18-22-8-7-15-32-17-22/h4-15,17,19-20,29H,16,18H2,1-3H3,(H,33,37)(H,35,38)/t29-/m1/s1. The smallest absolute Gasteiger partial charge is 0.255 e. The zero-order chi connectivity index (χ0) is 27.4. The number of fused-ring (bicyclic) bond motifs is 1. The molecule has 2 amide bonds. The molecule has 3 heterocycles. The predicted molar refractivity (Wildman–Crippen MR) is 157 cm³/mol. The summed E-state index contributed by atoms with van der Waals surface area (Å²) >= 11 is 1.48. The Kier molecular flexibility index (Phi) is 7.93. The lowest BCUT2D eigenvalue weighted by atomic mass is 9.91. The summed E-state index contributed by atoms with van der Waals surface area (Å²) in [6.07, 6.45) is 3.61. The lowest BCUT2D eigenvalue weighted by Gasteiger charge is -2.36. The number of para-hydroxylation sites is 1. The second-order valence-corrected chi connectivity index (χ2v) is 10.7. The Hall–Kier alpha value is -4.17. The number of hydrogen-bond donors (Lipinski definition) is 2. The van der Waals surface area contributed by atoms with Crippen LogP contribution >= 0.6 is 11.8 Å². The fourth-order valence-corrected chi connectivity index (χ4v) is 5.65. The van der Waals surface area contributed by atoms with Crippen molar-refractivity contribution in [1.82, 2.24) is 15.2 Å². The molecule has 8 heteroatoms. The molecule has 2 aromatic carbocycles. The van der Waals surface area contributed by atoms with Crippen LogP contribution in [0, 0.1) is 0 Å². The third-order valence-electron chi connectivity index (χ3n) is 6.75. The SMILES string of the molecule is CC1=C(C(=O)Nc2ccccc2)[C@@H](c2ccc(C(C)C)cc2)N2C(CC(=O)NCc3cccnc3)=CSC2=N1. The van der Waals surface area contributed by atoms with E-state index in [9.17, 15) is 9.59 Å². The first-order valence-electron chi connectivity index (χ1n) is 13.0. The summed E-state index contributed by atoms with van der Waals surface area (Å²) in [5, 5.41) is 8.75. The van der Waals surface area contributed by atoms with Crippen LogP contribution in [0.3, 0.4) is 0 Å². The molecule has 1 aromatic heterocycles. The Morgan fingerprint density at radius 1 is 1.03 bits per heavy atom. The number of nitrogens with zero attached hydrogens (tertiary/aromatic N) is 3. The van der Waals surface area contributed by atoms with Crippen molar-refractivity contribution >= 4 is 34.4 Å². The largest absolute Gasteiger partial charge is 0.352 e. The number of carbonyl (C=O) groups is 2. The molecule has 5 rings (SSSR count). The van der Waals surface area contributed by atoms with Crippen molar-refractivity contribution in [2.24, 2.45) is 4.99 Å². The van der Waals surface area contributed by atoms with Gasteiger partial charge in [-0.25, -0.2) is 4.99 Å². The number of aromatic nitrogens is 1. The Morgan fingerprint density at radius 3 is 2.49 bits per heavy atom. The topological polar surface area (TPSA) is 86.7 Å². The number of benzene rings is 2. The molecule has 0 fully saturated rings. The molecule has 198 valence electrons. The van der Waals surface area contributed by atoms with Crippen molar-refractivity contribution in [2.75, 3.05) is 5.32 Å². The Labute approximate surface area is 233 Å². The fourth-order valence-electron chi connectivity index (χ4n) is 4.69. The molecule has 0 radical (unpaired) electrons. The molecule has 0 unspecified atom stereocenters. The monoisotopic (exact) mass is 537 g/mol. The van der Waals surface area contributed by atoms with Crippen LogP contribution < -0.4 is 10.6 Å². The summed E-state index contributed by atoms with van der Waals surface area (Å²) in [6.45, 7) is 6.59. The highest BCUT2D eigenvalue weighted by Crippen LogP contribution is 2.45. The number of nitrogens with one attached hydrogen (secondary N) is 2. The number of hydrogen-bond acceptors (Lipinski definition) is 6. The molecule has 0 saturated heterocycles. The van der Waals surface area contributed by atoms with E-state index in [1.807, 2.05) is 59.7 Å². The van der Waals surface area contributed by atoms with E-state index in [1.165, 1.54) is 17.3 Å². The van der Waals surface area contributed by atoms with Crippen LogP contribution in [0.2, 0.25) is 0 Å². The summed E-state index contributed by atoms with van der Waals surface area (Å²) in [6, 6.07) is 21.1. The van der Waals surface area contributed by atoms with E-state index in [2.05, 4.69) is 53.7 Å². The van der Waals surface area contributed by atoms with Crippen molar-refractivity contribution in [3.8, 4) is 0 Å². The average Bonchev–Trinajstić information content (AvgIpc) is 3.33. The zero-order valence-corrected chi connectivity index (χ0v) is 23.0. The molecule has 39 heavy (non-hydrogen) atoms. The number of pyridine rings is 1. The van der Waals surface area contributed by atoms with Crippen LogP contribution in [0.15, 0.2) is 106 Å². The quantitative estimate of drug-likeness (QED) is 0.361. The second kappa shape index (κ2) is 11.7. The van der Waals surface area contributed by atoms with E-state index < -0.39 is 6.04 Å². The first-order valence-corrected chi connectivity index (χ1v) is 13.8. The van der Waals surface area contributed by atoms with Gasteiger partial charge in [0.05, 0.1) is 23.7 Å². The lowest BCUT2D eigenvalue weighted by Crippen LogP contribution is -2.38. The lowest BCUT2D eigenvalue weighted by molar-refractivity contribution is -0.120. The van der Waals surface area contributed by atoms with E-state index in [4.69, 9.17) is 4.99 Å². The van der Waals surface area contributed by atoms with Crippen LogP contribution in [0.1, 0.15) is 55.8 Å². The summed E-state index contributed by atoms with van der Waals surface area (Å²) in [5.74, 6) is 0.0705. The van der Waals surface area contributed by atoms with Crippen LogP contribution in [0.25, 0.3) is 0 Å². The van der Waals surface area contributed by atoms with Crippen molar-refractivity contribution < 1.29 is 9.59 Å². The highest BCUT2D eigenvalue weighted by Gasteiger charge is 2.40. The normalized spacial score (nSPS) is 16.5. The number of thioether (sulfide) groups is 1. The highest BCUT2D eigenvalue weighted by atomic mass is 32.2. The molecule has 2 N–H and O–H groups in total. The summed E-state index contributed by atoms with van der Waals surface area (Å²) in [4.78, 5) is 37.7. The Bertz CT molecular complexity index is 1450. The maximum Gasteiger partial charge on any atom is 0.255 e. The molecule has 0 bridgehead atoms. The van der Waals surface area contributed by atoms with Crippen molar-refractivity contribution in [2.45, 2.75) is 45.7 Å². The predicted octanol–water partition coefficient (Wildman–Crippen LogP) is 6.13. The van der Waals surface area contributed by atoms with E-state index in [-0.39, 0.29) is 18.2 Å². The fraction of sp³-hybridized carbons (Fsp3) is 0.226. The van der Waals surface area contributed by atoms with Crippen LogP contribution in [-0.4, -0.2) is 26.9 Å². The maximum absolute atomic E-state index is 13.7. The molecule has 3 aromatic rings. The van der Waals surface area contributed by atoms with Gasteiger partial charge < -0.3 is 15.5 Å². The maximum atomic E-state index is 13.7. The van der Waals surface area contributed by atoms with Gasteiger partial charge >= 0.3 is 0 Å². The van der Waals surface area contributed by atoms with E-state index in [0.717, 1.165) is 22.0 Å². The van der Waals surface area contributed by atoms with Crippen LogP contribution in [-0.2, 0) is 16.1 Å². The molecule has 2 aliphatic heterocycles. The third-order valence-corrected chi connectivity index (χ3v) is 7.64. The highest BCUT2D eigenvalue weighted by molar-refractivity contribution is 8.16. The number of aliphatic imine (C=N–C) groups is 1. The minimum atomic E-state index is -0.421. The molecule has 0 saturated carbocycles. The zero-order valence-electron chi connectivity index (χ0n) is 22.2. The van der Waals surface area contributed by atoms with Crippen molar-refractivity contribution in [1.29, 1.82) is 0 Å². The number of amidine groups is 1. The van der Waals surface area contributed by atoms with Gasteiger partial charge in [0.1, 0.15) is 0 Å². The van der Waals surface area contributed by atoms with Crippen molar-refractivity contribution in [3.63, 3.8) is 0 Å². The van der Waals surface area contributed by atoms with Gasteiger partial charge in [0.15, 0.2) is 5.17 Å². The first-order chi connectivity index (χ1) is 18.9. The van der Waals surface area contributed by atoms with Crippen molar-refractivity contribution in [3.05, 3.63) is 118 Å². The van der Waals surface area contributed by atoms with Gasteiger partial charge in [0.2, 0.25) is 5.91 Å². The number of rotatable bonds is 8. The van der Waals surface area contributed by atoms with Gasteiger partial charge in [-0.3, -0.25) is 14.6 Å². The average molecular weight is 538 g/mol. The van der Waals surface area contributed by atoms with E-state index >= 15 is 0 Å². The molecule has 7 nitrogen and oxygen atoms in total. The molecule has 2 aliphatic rings. The number of allylic oxidation sites excluding steroid dienone is 1. The van der Waals surface area contributed by atoms with Gasteiger partial charge in [-0.1, -0.05) is 74.1 Å². The first kappa shape index (κ1) is 26.4. The molecular formula is C31H31N5O2S. The van der Waals surface area contributed by atoms with Crippen LogP contribution in [0.5, 0.6) is 0 Å². The summed E-state index contributed by atoms with van der Waals surface area (Å²) in [7, 11) is 0.